The van der Waals surface area contributed by atoms with Crippen molar-refractivity contribution in [3.63, 3.8) is 0 Å². The van der Waals surface area contributed by atoms with Crippen LogP contribution in [-0.2, 0) is 0 Å². The molecule has 0 spiro atoms. The Labute approximate surface area is 107 Å². The number of amidine groups is 1. The van der Waals surface area contributed by atoms with E-state index in [2.05, 4.69) is 13.8 Å². The summed E-state index contributed by atoms with van der Waals surface area (Å²) in [5, 5.41) is 7.80. The first-order valence-electron chi connectivity index (χ1n) is 5.77. The lowest BCUT2D eigenvalue weighted by molar-refractivity contribution is 0.298. The fourth-order valence-corrected chi connectivity index (χ4v) is 1.69. The lowest BCUT2D eigenvalue weighted by atomic mass is 10.1. The van der Waals surface area contributed by atoms with E-state index in [1.54, 1.807) is 18.2 Å². The van der Waals surface area contributed by atoms with Gasteiger partial charge in [0.25, 0.3) is 0 Å². The molecular formula is C13H19ClN2O. The summed E-state index contributed by atoms with van der Waals surface area (Å²) >= 11 is 6.04. The third-order valence-electron chi connectivity index (χ3n) is 2.43. The Morgan fingerprint density at radius 3 is 2.71 bits per heavy atom. The molecule has 0 bridgehead atoms. The average Bonchev–Trinajstić information content (AvgIpc) is 2.25. The smallest absolute Gasteiger partial charge is 0.137 e. The molecule has 0 saturated heterocycles. The van der Waals surface area contributed by atoms with Crippen LogP contribution in [0.4, 0.5) is 0 Å². The van der Waals surface area contributed by atoms with Crippen molar-refractivity contribution >= 4 is 17.4 Å². The van der Waals surface area contributed by atoms with Gasteiger partial charge in [-0.3, -0.25) is 5.41 Å². The van der Waals surface area contributed by atoms with Gasteiger partial charge in [0, 0.05) is 5.56 Å². The van der Waals surface area contributed by atoms with Crippen LogP contribution in [0.25, 0.3) is 0 Å². The van der Waals surface area contributed by atoms with Crippen LogP contribution in [0.2, 0.25) is 5.02 Å². The Morgan fingerprint density at radius 1 is 1.47 bits per heavy atom. The molecule has 3 N–H and O–H groups in total. The van der Waals surface area contributed by atoms with Gasteiger partial charge in [-0.15, -0.1) is 0 Å². The van der Waals surface area contributed by atoms with Gasteiger partial charge in [0.2, 0.25) is 0 Å². The second-order valence-corrected chi connectivity index (χ2v) is 4.85. The largest absolute Gasteiger partial charge is 0.492 e. The number of halogens is 1. The van der Waals surface area contributed by atoms with Crippen molar-refractivity contribution < 1.29 is 4.74 Å². The van der Waals surface area contributed by atoms with Crippen LogP contribution >= 0.6 is 11.6 Å². The quantitative estimate of drug-likeness (QED) is 0.464. The molecule has 0 saturated carbocycles. The van der Waals surface area contributed by atoms with E-state index in [-0.39, 0.29) is 5.84 Å². The van der Waals surface area contributed by atoms with Crippen LogP contribution in [-0.4, -0.2) is 12.4 Å². The summed E-state index contributed by atoms with van der Waals surface area (Å²) in [4.78, 5) is 0. The van der Waals surface area contributed by atoms with E-state index >= 15 is 0 Å². The van der Waals surface area contributed by atoms with Crippen LogP contribution in [0.15, 0.2) is 18.2 Å². The van der Waals surface area contributed by atoms with Gasteiger partial charge in [-0.2, -0.15) is 0 Å². The summed E-state index contributed by atoms with van der Waals surface area (Å²) in [6.45, 7) is 5.04. The maximum Gasteiger partial charge on any atom is 0.137 e. The molecule has 1 aromatic carbocycles. The van der Waals surface area contributed by atoms with Crippen molar-refractivity contribution in [2.24, 2.45) is 11.7 Å². The highest BCUT2D eigenvalue weighted by atomic mass is 35.5. The molecule has 4 heteroatoms. The average molecular weight is 255 g/mol. The zero-order valence-corrected chi connectivity index (χ0v) is 11.1. The van der Waals surface area contributed by atoms with Gasteiger partial charge in [0.1, 0.15) is 11.6 Å². The lowest BCUT2D eigenvalue weighted by Crippen LogP contribution is -2.11. The standard InChI is InChI=1S/C13H19ClN2O/c1-9(2)4-3-7-17-12-6-5-10(13(15)16)8-11(12)14/h5-6,8-9H,3-4,7H2,1-2H3,(H3,15,16). The van der Waals surface area contributed by atoms with E-state index < -0.39 is 0 Å². The second kappa shape index (κ2) is 6.50. The van der Waals surface area contributed by atoms with Gasteiger partial charge in [-0.05, 0) is 37.0 Å². The van der Waals surface area contributed by atoms with Crippen LogP contribution in [0.1, 0.15) is 32.3 Å². The van der Waals surface area contributed by atoms with E-state index in [9.17, 15) is 0 Å². The van der Waals surface area contributed by atoms with E-state index in [0.717, 1.165) is 12.8 Å². The zero-order valence-electron chi connectivity index (χ0n) is 10.3. The van der Waals surface area contributed by atoms with Crippen molar-refractivity contribution in [3.8, 4) is 5.75 Å². The minimum absolute atomic E-state index is 0.0123. The van der Waals surface area contributed by atoms with Gasteiger partial charge < -0.3 is 10.5 Å². The Balaban J connectivity index is 2.52. The summed E-state index contributed by atoms with van der Waals surface area (Å²) in [5.74, 6) is 1.35. The van der Waals surface area contributed by atoms with E-state index in [0.29, 0.717) is 28.9 Å². The number of nitrogens with two attached hydrogens (primary N) is 1. The molecule has 0 unspecified atom stereocenters. The highest BCUT2D eigenvalue weighted by molar-refractivity contribution is 6.32. The monoisotopic (exact) mass is 254 g/mol. The molecule has 0 fully saturated rings. The molecule has 0 atom stereocenters. The Hall–Kier alpha value is -1.22. The maximum absolute atomic E-state index is 7.30. The first-order chi connectivity index (χ1) is 8.00. The van der Waals surface area contributed by atoms with Crippen LogP contribution in [0, 0.1) is 11.3 Å². The van der Waals surface area contributed by atoms with Gasteiger partial charge in [-0.25, -0.2) is 0 Å². The predicted octanol–water partition coefficient (Wildman–Crippen LogP) is 3.44. The molecule has 0 amide bonds. The van der Waals surface area contributed by atoms with Crippen molar-refractivity contribution in [3.05, 3.63) is 28.8 Å². The van der Waals surface area contributed by atoms with Crippen LogP contribution < -0.4 is 10.5 Å². The lowest BCUT2D eigenvalue weighted by Gasteiger charge is -2.10. The Bertz CT molecular complexity index is 391. The number of ether oxygens (including phenoxy) is 1. The number of hydrogen-bond donors (Lipinski definition) is 2. The molecule has 1 aromatic rings. The Kier molecular flexibility index (Phi) is 5.29. The van der Waals surface area contributed by atoms with Crippen molar-refractivity contribution in [1.29, 1.82) is 5.41 Å². The first-order valence-corrected chi connectivity index (χ1v) is 6.15. The van der Waals surface area contributed by atoms with Gasteiger partial charge >= 0.3 is 0 Å². The SMILES string of the molecule is CC(C)CCCOc1ccc(C(=N)N)cc1Cl. The highest BCUT2D eigenvalue weighted by Gasteiger charge is 2.05. The molecule has 1 rings (SSSR count). The number of benzene rings is 1. The predicted molar refractivity (Wildman–Crippen MR) is 72.0 cm³/mol. The van der Waals surface area contributed by atoms with Gasteiger partial charge in [-0.1, -0.05) is 25.4 Å². The molecule has 3 nitrogen and oxygen atoms in total. The Morgan fingerprint density at radius 2 is 2.18 bits per heavy atom. The van der Waals surface area contributed by atoms with Crippen LogP contribution in [0.3, 0.4) is 0 Å². The molecule has 17 heavy (non-hydrogen) atoms. The normalized spacial score (nSPS) is 10.6. The molecular weight excluding hydrogens is 236 g/mol. The van der Waals surface area contributed by atoms with E-state index in [1.807, 2.05) is 0 Å². The molecule has 0 radical (unpaired) electrons. The molecule has 0 aliphatic carbocycles. The number of rotatable bonds is 6. The zero-order chi connectivity index (χ0) is 12.8. The molecule has 0 aliphatic heterocycles. The van der Waals surface area contributed by atoms with E-state index in [4.69, 9.17) is 27.5 Å². The third-order valence-corrected chi connectivity index (χ3v) is 2.72. The summed E-state index contributed by atoms with van der Waals surface area (Å²) in [5.41, 5.74) is 5.99. The number of nitrogen functional groups attached to an aromatic ring is 1. The molecule has 0 aromatic heterocycles. The molecule has 94 valence electrons. The van der Waals surface area contributed by atoms with Crippen molar-refractivity contribution in [2.75, 3.05) is 6.61 Å². The minimum atomic E-state index is 0.0123. The maximum atomic E-state index is 7.30. The summed E-state index contributed by atoms with van der Waals surface area (Å²) in [6.07, 6.45) is 2.16. The minimum Gasteiger partial charge on any atom is -0.492 e. The molecule has 0 aliphatic rings. The second-order valence-electron chi connectivity index (χ2n) is 4.44. The first kappa shape index (κ1) is 13.8. The van der Waals surface area contributed by atoms with Gasteiger partial charge in [0.15, 0.2) is 0 Å². The summed E-state index contributed by atoms with van der Waals surface area (Å²) < 4.78 is 5.58. The fourth-order valence-electron chi connectivity index (χ4n) is 1.46. The van der Waals surface area contributed by atoms with E-state index in [1.165, 1.54) is 0 Å². The topological polar surface area (TPSA) is 59.1 Å². The fraction of sp³-hybridized carbons (Fsp3) is 0.462. The number of nitrogens with one attached hydrogen (secondary N) is 1. The number of hydrogen-bond acceptors (Lipinski definition) is 2. The highest BCUT2D eigenvalue weighted by Crippen LogP contribution is 2.25. The van der Waals surface area contributed by atoms with Gasteiger partial charge in [0.05, 0.1) is 11.6 Å². The van der Waals surface area contributed by atoms with Crippen LogP contribution in [0.5, 0.6) is 5.75 Å². The van der Waals surface area contributed by atoms with Crippen molar-refractivity contribution in [2.45, 2.75) is 26.7 Å². The summed E-state index contributed by atoms with van der Waals surface area (Å²) in [7, 11) is 0. The third kappa shape index (κ3) is 4.65. The summed E-state index contributed by atoms with van der Waals surface area (Å²) in [6, 6.07) is 5.15. The van der Waals surface area contributed by atoms with Crippen molar-refractivity contribution in [1.82, 2.24) is 0 Å². The molecule has 0 heterocycles.